The van der Waals surface area contributed by atoms with E-state index >= 15 is 0 Å². The third-order valence-corrected chi connectivity index (χ3v) is 3.63. The first-order chi connectivity index (χ1) is 10.1. The summed E-state index contributed by atoms with van der Waals surface area (Å²) in [6, 6.07) is 5.70. The first-order valence-corrected chi connectivity index (χ1v) is 7.25. The van der Waals surface area contributed by atoms with E-state index in [9.17, 15) is 4.79 Å². The van der Waals surface area contributed by atoms with Gasteiger partial charge in [-0.3, -0.25) is 4.79 Å². The predicted octanol–water partition coefficient (Wildman–Crippen LogP) is 0.553. The number of nitrogens with zero attached hydrogens (tertiary/aromatic N) is 3. The van der Waals surface area contributed by atoms with E-state index in [0.717, 1.165) is 30.9 Å². The summed E-state index contributed by atoms with van der Waals surface area (Å²) in [7, 11) is 0. The second-order valence-electron chi connectivity index (χ2n) is 5.33. The lowest BCUT2D eigenvalue weighted by Crippen LogP contribution is -2.44. The summed E-state index contributed by atoms with van der Waals surface area (Å²) in [5.74, 6) is 0.791. The van der Waals surface area contributed by atoms with Crippen LogP contribution in [-0.2, 0) is 4.79 Å². The summed E-state index contributed by atoms with van der Waals surface area (Å²) in [6.45, 7) is 4.34. The number of pyridine rings is 1. The van der Waals surface area contributed by atoms with Crippen LogP contribution in [0.4, 0.5) is 5.82 Å². The summed E-state index contributed by atoms with van der Waals surface area (Å²) in [6.07, 6.45) is 1.82. The highest BCUT2D eigenvalue weighted by Crippen LogP contribution is 2.23. The molecule has 1 amide bonds. The highest BCUT2D eigenvalue weighted by atomic mass is 16.1. The number of carbonyl (C=O) groups is 1. The summed E-state index contributed by atoms with van der Waals surface area (Å²) < 4.78 is 0. The van der Waals surface area contributed by atoms with Crippen molar-refractivity contribution in [3.8, 4) is 6.07 Å². The Morgan fingerprint density at radius 1 is 1.62 bits per heavy atom. The average molecular weight is 287 g/mol. The minimum atomic E-state index is -0.0434. The molecule has 21 heavy (non-hydrogen) atoms. The van der Waals surface area contributed by atoms with Crippen molar-refractivity contribution in [2.45, 2.75) is 19.8 Å². The Morgan fingerprint density at radius 2 is 2.43 bits per heavy atom. The lowest BCUT2D eigenvalue weighted by molar-refractivity contribution is -0.125. The van der Waals surface area contributed by atoms with Crippen LogP contribution in [0, 0.1) is 24.2 Å². The van der Waals surface area contributed by atoms with Gasteiger partial charge in [-0.1, -0.05) is 0 Å². The number of rotatable bonds is 4. The molecule has 1 atom stereocenters. The zero-order valence-electron chi connectivity index (χ0n) is 12.3. The highest BCUT2D eigenvalue weighted by molar-refractivity contribution is 5.79. The molecular weight excluding hydrogens is 266 g/mol. The van der Waals surface area contributed by atoms with Gasteiger partial charge in [0.25, 0.3) is 0 Å². The molecule has 0 aromatic carbocycles. The molecule has 6 nitrogen and oxygen atoms in total. The Bertz CT molecular complexity index is 551. The lowest BCUT2D eigenvalue weighted by Gasteiger charge is -2.33. The molecule has 2 rings (SSSR count). The Labute approximate surface area is 124 Å². The fourth-order valence-corrected chi connectivity index (χ4v) is 2.62. The van der Waals surface area contributed by atoms with Gasteiger partial charge in [0.15, 0.2) is 0 Å². The van der Waals surface area contributed by atoms with Gasteiger partial charge in [-0.25, -0.2) is 4.98 Å². The van der Waals surface area contributed by atoms with Crippen LogP contribution >= 0.6 is 0 Å². The number of amides is 1. The number of nitriles is 1. The van der Waals surface area contributed by atoms with E-state index in [1.54, 1.807) is 12.1 Å². The smallest absolute Gasteiger partial charge is 0.224 e. The molecule has 1 aromatic rings. The molecule has 2 heterocycles. The average Bonchev–Trinajstić information content (AvgIpc) is 2.52. The minimum Gasteiger partial charge on any atom is -0.356 e. The van der Waals surface area contributed by atoms with E-state index in [-0.39, 0.29) is 11.8 Å². The number of carbonyl (C=O) groups excluding carboxylic acids is 1. The van der Waals surface area contributed by atoms with Crippen molar-refractivity contribution in [2.24, 2.45) is 11.7 Å². The van der Waals surface area contributed by atoms with Crippen molar-refractivity contribution in [1.29, 1.82) is 5.26 Å². The number of nitrogens with two attached hydrogens (primary N) is 1. The summed E-state index contributed by atoms with van der Waals surface area (Å²) in [5, 5.41) is 11.9. The number of aryl methyl sites for hydroxylation is 1. The van der Waals surface area contributed by atoms with Crippen molar-refractivity contribution >= 4 is 11.7 Å². The molecule has 1 aromatic heterocycles. The van der Waals surface area contributed by atoms with Crippen LogP contribution < -0.4 is 16.0 Å². The molecule has 1 unspecified atom stereocenters. The van der Waals surface area contributed by atoms with Gasteiger partial charge in [0.2, 0.25) is 5.91 Å². The summed E-state index contributed by atoms with van der Waals surface area (Å²) in [5.41, 5.74) is 6.83. The maximum atomic E-state index is 12.1. The topological polar surface area (TPSA) is 95.0 Å². The number of hydrogen-bond donors (Lipinski definition) is 2. The zero-order valence-corrected chi connectivity index (χ0v) is 12.3. The van der Waals surface area contributed by atoms with Gasteiger partial charge in [0, 0.05) is 31.9 Å². The van der Waals surface area contributed by atoms with Crippen LogP contribution in [0.1, 0.15) is 24.1 Å². The first kappa shape index (κ1) is 15.3. The SMILES string of the molecule is Cc1cc(C#N)cc(N2CCCC(C(=O)NCCN)C2)n1. The predicted molar refractivity (Wildman–Crippen MR) is 80.7 cm³/mol. The number of aromatic nitrogens is 1. The molecule has 0 saturated carbocycles. The van der Waals surface area contributed by atoms with Crippen LogP contribution in [-0.4, -0.2) is 37.1 Å². The largest absolute Gasteiger partial charge is 0.356 e. The Hall–Kier alpha value is -2.13. The fraction of sp³-hybridized carbons (Fsp3) is 0.533. The van der Waals surface area contributed by atoms with Gasteiger partial charge in [0.1, 0.15) is 5.82 Å². The molecule has 0 radical (unpaired) electrons. The van der Waals surface area contributed by atoms with E-state index in [1.165, 1.54) is 0 Å². The molecule has 3 N–H and O–H groups in total. The number of anilines is 1. The van der Waals surface area contributed by atoms with Crippen molar-refractivity contribution in [2.75, 3.05) is 31.1 Å². The minimum absolute atomic E-state index is 0.0434. The Balaban J connectivity index is 2.09. The molecule has 0 bridgehead atoms. The van der Waals surface area contributed by atoms with Crippen LogP contribution in [0.5, 0.6) is 0 Å². The van der Waals surface area contributed by atoms with Crippen molar-refractivity contribution < 1.29 is 4.79 Å². The van der Waals surface area contributed by atoms with Crippen LogP contribution in [0.3, 0.4) is 0 Å². The quantitative estimate of drug-likeness (QED) is 0.843. The maximum Gasteiger partial charge on any atom is 0.224 e. The number of nitrogens with one attached hydrogen (secondary N) is 1. The summed E-state index contributed by atoms with van der Waals surface area (Å²) >= 11 is 0. The molecule has 1 saturated heterocycles. The van der Waals surface area contributed by atoms with Gasteiger partial charge < -0.3 is 16.0 Å². The van der Waals surface area contributed by atoms with Crippen LogP contribution in [0.15, 0.2) is 12.1 Å². The third kappa shape index (κ3) is 3.92. The van der Waals surface area contributed by atoms with E-state index in [1.807, 2.05) is 6.92 Å². The summed E-state index contributed by atoms with van der Waals surface area (Å²) in [4.78, 5) is 18.6. The van der Waals surface area contributed by atoms with Gasteiger partial charge in [-0.05, 0) is 31.9 Å². The molecule has 1 aliphatic heterocycles. The second kappa shape index (κ2) is 7.04. The van der Waals surface area contributed by atoms with Crippen LogP contribution in [0.25, 0.3) is 0 Å². The molecule has 112 valence electrons. The first-order valence-electron chi connectivity index (χ1n) is 7.25. The zero-order chi connectivity index (χ0) is 15.2. The van der Waals surface area contributed by atoms with Gasteiger partial charge in [-0.15, -0.1) is 0 Å². The Morgan fingerprint density at radius 3 is 3.14 bits per heavy atom. The van der Waals surface area contributed by atoms with E-state index in [4.69, 9.17) is 11.0 Å². The number of hydrogen-bond acceptors (Lipinski definition) is 5. The van der Waals surface area contributed by atoms with E-state index in [0.29, 0.717) is 25.2 Å². The fourth-order valence-electron chi connectivity index (χ4n) is 2.62. The third-order valence-electron chi connectivity index (χ3n) is 3.63. The molecule has 0 aliphatic carbocycles. The van der Waals surface area contributed by atoms with Gasteiger partial charge >= 0.3 is 0 Å². The van der Waals surface area contributed by atoms with Crippen molar-refractivity contribution in [3.63, 3.8) is 0 Å². The van der Waals surface area contributed by atoms with E-state index in [2.05, 4.69) is 21.3 Å². The van der Waals surface area contributed by atoms with Crippen molar-refractivity contribution in [3.05, 3.63) is 23.4 Å². The van der Waals surface area contributed by atoms with Crippen LogP contribution in [0.2, 0.25) is 0 Å². The monoisotopic (exact) mass is 287 g/mol. The molecule has 0 spiro atoms. The maximum absolute atomic E-state index is 12.1. The van der Waals surface area contributed by atoms with E-state index < -0.39 is 0 Å². The number of piperidine rings is 1. The molecule has 1 aliphatic rings. The van der Waals surface area contributed by atoms with Gasteiger partial charge in [0.05, 0.1) is 17.6 Å². The van der Waals surface area contributed by atoms with Gasteiger partial charge in [-0.2, -0.15) is 5.26 Å². The molecule has 1 fully saturated rings. The molecular formula is C15H21N5O. The highest BCUT2D eigenvalue weighted by Gasteiger charge is 2.26. The Kier molecular flexibility index (Phi) is 5.12. The standard InChI is InChI=1S/C15H21N5O/c1-11-7-12(9-17)8-14(19-11)20-6-2-3-13(10-20)15(21)18-5-4-16/h7-8,13H,2-6,10,16H2,1H3,(H,18,21). The van der Waals surface area contributed by atoms with Crippen molar-refractivity contribution in [1.82, 2.24) is 10.3 Å². The normalized spacial score (nSPS) is 18.1. The lowest BCUT2D eigenvalue weighted by atomic mass is 9.97. The second-order valence-corrected chi connectivity index (χ2v) is 5.33. The molecule has 6 heteroatoms.